The van der Waals surface area contributed by atoms with Crippen LogP contribution in [0.5, 0.6) is 0 Å². The minimum atomic E-state index is -0.883. The predicted molar refractivity (Wildman–Crippen MR) is 132 cm³/mol. The van der Waals surface area contributed by atoms with Gasteiger partial charge < -0.3 is 14.3 Å². The summed E-state index contributed by atoms with van der Waals surface area (Å²) in [5, 5.41) is 3.49. The van der Waals surface area contributed by atoms with Crippen LogP contribution in [0.3, 0.4) is 0 Å². The lowest BCUT2D eigenvalue weighted by Crippen LogP contribution is -2.35. The highest BCUT2D eigenvalue weighted by molar-refractivity contribution is 6.32. The van der Waals surface area contributed by atoms with Crippen molar-refractivity contribution in [2.24, 2.45) is 10.8 Å². The lowest BCUT2D eigenvalue weighted by atomic mass is 9.97. The second-order valence-corrected chi connectivity index (χ2v) is 11.4. The van der Waals surface area contributed by atoms with E-state index in [1.165, 1.54) is 6.07 Å². The highest BCUT2D eigenvalue weighted by atomic mass is 16.7. The van der Waals surface area contributed by atoms with Gasteiger partial charge in [0.2, 0.25) is 0 Å². The van der Waals surface area contributed by atoms with Gasteiger partial charge in [-0.25, -0.2) is 9.59 Å². The molecule has 0 radical (unpaired) electrons. The summed E-state index contributed by atoms with van der Waals surface area (Å²) in [5.41, 5.74) is -1.29. The summed E-state index contributed by atoms with van der Waals surface area (Å²) < 4.78 is 10.9. The molecule has 2 rings (SSSR count). The van der Waals surface area contributed by atoms with Crippen molar-refractivity contribution < 1.29 is 33.5 Å². The van der Waals surface area contributed by atoms with Gasteiger partial charge in [-0.05, 0) is 80.5 Å². The average molecular weight is 489 g/mol. The number of hydrogen-bond acceptors (Lipinski definition) is 7. The summed E-state index contributed by atoms with van der Waals surface area (Å²) in [4.78, 5) is 56.4. The first-order valence-electron chi connectivity index (χ1n) is 11.5. The lowest BCUT2D eigenvalue weighted by molar-refractivity contribution is -0.157. The number of hydrogen-bond donors (Lipinski definition) is 1. The van der Waals surface area contributed by atoms with E-state index in [4.69, 9.17) is 14.3 Å². The highest BCUT2D eigenvalue weighted by Crippen LogP contribution is 2.42. The molecular formula is C26H36N2O7. The summed E-state index contributed by atoms with van der Waals surface area (Å²) in [6.07, 6.45) is -0.425. The molecule has 0 saturated carbocycles. The normalized spacial score (nSPS) is 15.4. The van der Waals surface area contributed by atoms with Crippen LogP contribution in [0.15, 0.2) is 24.0 Å². The predicted octanol–water partition coefficient (Wildman–Crippen LogP) is 5.59. The van der Waals surface area contributed by atoms with Gasteiger partial charge in [-0.2, -0.15) is 0 Å². The Morgan fingerprint density at radius 3 is 1.97 bits per heavy atom. The molecule has 2 amide bonds. The van der Waals surface area contributed by atoms with E-state index in [2.05, 4.69) is 5.32 Å². The zero-order valence-corrected chi connectivity index (χ0v) is 22.2. The van der Waals surface area contributed by atoms with Crippen molar-refractivity contribution in [1.82, 2.24) is 0 Å². The largest absolute Gasteiger partial charge is 0.444 e. The van der Waals surface area contributed by atoms with Crippen LogP contribution in [-0.2, 0) is 28.7 Å². The molecule has 9 heteroatoms. The molecule has 0 saturated heterocycles. The van der Waals surface area contributed by atoms with Crippen molar-refractivity contribution in [2.45, 2.75) is 81.3 Å². The molecule has 1 aromatic carbocycles. The van der Waals surface area contributed by atoms with E-state index in [9.17, 15) is 19.2 Å². The smallest absolute Gasteiger partial charge is 0.412 e. The van der Waals surface area contributed by atoms with E-state index < -0.39 is 40.4 Å². The summed E-state index contributed by atoms with van der Waals surface area (Å²) in [7, 11) is 0. The molecule has 1 aromatic rings. The number of fused-ring (bicyclic) bond motifs is 1. The maximum atomic E-state index is 13.5. The number of esters is 1. The standard InChI is InChI=1S/C26H36N2O7/c1-11-18(33-21(30)24(2,3)4)19-16-13-12-15(27-23(32)34-26(8,9)10)14-17(16)28(20(19)29)35-22(31)25(5,6)7/h12-14H,11H2,1-10H3,(H,27,32)/b19-18-. The SMILES string of the molecule is CC/C(OC(=O)C(C)(C)C)=C1/C(=O)N(OC(=O)C(C)(C)C)c2cc(NC(=O)OC(C)(C)C)ccc21. The van der Waals surface area contributed by atoms with Gasteiger partial charge in [0.25, 0.3) is 5.91 Å². The van der Waals surface area contributed by atoms with Gasteiger partial charge in [-0.15, -0.1) is 5.06 Å². The molecule has 9 nitrogen and oxygen atoms in total. The number of carbonyl (C=O) groups is 4. The first-order valence-corrected chi connectivity index (χ1v) is 11.5. The Morgan fingerprint density at radius 2 is 1.49 bits per heavy atom. The molecule has 1 aliphatic heterocycles. The van der Waals surface area contributed by atoms with Crippen molar-refractivity contribution in [3.05, 3.63) is 29.5 Å². The fraction of sp³-hybridized carbons (Fsp3) is 0.538. The topological polar surface area (TPSA) is 111 Å². The van der Waals surface area contributed by atoms with Gasteiger partial charge in [0.15, 0.2) is 0 Å². The van der Waals surface area contributed by atoms with Crippen molar-refractivity contribution in [1.29, 1.82) is 0 Å². The number of nitrogens with zero attached hydrogens (tertiary/aromatic N) is 1. The quantitative estimate of drug-likeness (QED) is 0.334. The van der Waals surface area contributed by atoms with E-state index in [1.807, 2.05) is 0 Å². The van der Waals surface area contributed by atoms with Gasteiger partial charge in [0.05, 0.1) is 22.1 Å². The first kappa shape index (κ1) is 27.9. The molecule has 0 bridgehead atoms. The van der Waals surface area contributed by atoms with Crippen molar-refractivity contribution in [2.75, 3.05) is 10.4 Å². The number of carbonyl (C=O) groups excluding carboxylic acids is 4. The summed E-state index contributed by atoms with van der Waals surface area (Å²) in [5.74, 6) is -1.61. The van der Waals surface area contributed by atoms with Gasteiger partial charge in [0, 0.05) is 17.7 Å². The number of hydroxylamine groups is 1. The number of amides is 2. The van der Waals surface area contributed by atoms with Crippen LogP contribution in [0.4, 0.5) is 16.2 Å². The average Bonchev–Trinajstić information content (AvgIpc) is 2.94. The van der Waals surface area contributed by atoms with E-state index in [1.54, 1.807) is 81.4 Å². The number of ether oxygens (including phenoxy) is 2. The molecule has 1 aliphatic rings. The van der Waals surface area contributed by atoms with Gasteiger partial charge in [-0.1, -0.05) is 6.92 Å². The second-order valence-electron chi connectivity index (χ2n) is 11.4. The fourth-order valence-electron chi connectivity index (χ4n) is 2.88. The summed E-state index contributed by atoms with van der Waals surface area (Å²) >= 11 is 0. The number of benzene rings is 1. The first-order chi connectivity index (χ1) is 15.8. The maximum Gasteiger partial charge on any atom is 0.412 e. The summed E-state index contributed by atoms with van der Waals surface area (Å²) in [6.45, 7) is 17.1. The van der Waals surface area contributed by atoms with Gasteiger partial charge in [0.1, 0.15) is 11.4 Å². The van der Waals surface area contributed by atoms with Gasteiger partial charge >= 0.3 is 18.0 Å². The molecule has 0 aliphatic carbocycles. The highest BCUT2D eigenvalue weighted by Gasteiger charge is 2.41. The molecular weight excluding hydrogens is 452 g/mol. The molecule has 192 valence electrons. The Bertz CT molecular complexity index is 1070. The van der Waals surface area contributed by atoms with Crippen molar-refractivity contribution in [3.8, 4) is 0 Å². The van der Waals surface area contributed by atoms with Crippen LogP contribution in [0.25, 0.3) is 5.57 Å². The number of rotatable bonds is 4. The minimum Gasteiger partial charge on any atom is -0.444 e. The van der Waals surface area contributed by atoms with Crippen LogP contribution in [-0.4, -0.2) is 29.5 Å². The Morgan fingerprint density at radius 1 is 0.914 bits per heavy atom. The maximum absolute atomic E-state index is 13.5. The third-order valence-corrected chi connectivity index (χ3v) is 4.74. The van der Waals surface area contributed by atoms with Gasteiger partial charge in [-0.3, -0.25) is 14.9 Å². The minimum absolute atomic E-state index is 0.116. The number of allylic oxidation sites excluding steroid dienone is 1. The molecule has 0 spiro atoms. The third-order valence-electron chi connectivity index (χ3n) is 4.74. The fourth-order valence-corrected chi connectivity index (χ4v) is 2.88. The summed E-state index contributed by atoms with van der Waals surface area (Å²) in [6, 6.07) is 4.68. The van der Waals surface area contributed by atoms with Crippen LogP contribution >= 0.6 is 0 Å². The van der Waals surface area contributed by atoms with E-state index in [-0.39, 0.29) is 23.4 Å². The van der Waals surface area contributed by atoms with Crippen LogP contribution in [0.1, 0.15) is 81.2 Å². The Kier molecular flexibility index (Phi) is 7.74. The Labute approximate surface area is 206 Å². The van der Waals surface area contributed by atoms with E-state index in [0.717, 1.165) is 5.06 Å². The molecule has 0 fully saturated rings. The zero-order chi connectivity index (χ0) is 26.9. The lowest BCUT2D eigenvalue weighted by Gasteiger charge is -2.22. The van der Waals surface area contributed by atoms with Crippen LogP contribution in [0, 0.1) is 10.8 Å². The molecule has 0 atom stereocenters. The molecule has 0 unspecified atom stereocenters. The second kappa shape index (κ2) is 9.71. The Balaban J connectivity index is 2.58. The molecule has 1 heterocycles. The van der Waals surface area contributed by atoms with E-state index in [0.29, 0.717) is 11.3 Å². The number of nitrogens with one attached hydrogen (secondary N) is 1. The molecule has 35 heavy (non-hydrogen) atoms. The van der Waals surface area contributed by atoms with Crippen LogP contribution in [0.2, 0.25) is 0 Å². The number of anilines is 2. The van der Waals surface area contributed by atoms with Crippen LogP contribution < -0.4 is 10.4 Å². The van der Waals surface area contributed by atoms with E-state index >= 15 is 0 Å². The third kappa shape index (κ3) is 6.83. The zero-order valence-electron chi connectivity index (χ0n) is 22.2. The Hall–Kier alpha value is -3.36. The van der Waals surface area contributed by atoms with Crippen molar-refractivity contribution in [3.63, 3.8) is 0 Å². The monoisotopic (exact) mass is 488 g/mol. The molecule has 0 aromatic heterocycles. The molecule has 1 N–H and O–H groups in total. The van der Waals surface area contributed by atoms with Crippen molar-refractivity contribution >= 4 is 40.9 Å².